The fraction of sp³-hybridized carbons (Fsp3) is 0.385. The molecule has 0 radical (unpaired) electrons. The predicted octanol–water partition coefficient (Wildman–Crippen LogP) is 2.40. The van der Waals surface area contributed by atoms with Crippen LogP contribution in [0.5, 0.6) is 0 Å². The number of hydrogen-bond acceptors (Lipinski definition) is 3. The molecule has 0 aliphatic rings. The molecular weight excluding hydrogens is 310 g/mol. The average molecular weight is 328 g/mol. The van der Waals surface area contributed by atoms with Crippen LogP contribution in [0.3, 0.4) is 0 Å². The second-order valence-corrected chi connectivity index (χ2v) is 5.16. The highest BCUT2D eigenvalue weighted by Crippen LogP contribution is 2.17. The van der Waals surface area contributed by atoms with E-state index in [4.69, 9.17) is 10.9 Å². The highest BCUT2D eigenvalue weighted by molar-refractivity contribution is 9.10. The summed E-state index contributed by atoms with van der Waals surface area (Å²) in [4.78, 5) is 12.1. The minimum absolute atomic E-state index is 0.0176. The van der Waals surface area contributed by atoms with E-state index in [1.807, 2.05) is 19.9 Å². The van der Waals surface area contributed by atoms with Crippen LogP contribution in [0.1, 0.15) is 35.7 Å². The van der Waals surface area contributed by atoms with Crippen molar-refractivity contribution in [2.45, 2.75) is 32.7 Å². The molecule has 4 N–H and O–H groups in total. The molecule has 1 aromatic carbocycles. The van der Waals surface area contributed by atoms with Gasteiger partial charge in [-0.05, 0) is 37.1 Å². The number of amides is 1. The number of nitrogens with two attached hydrogens (primary N) is 1. The molecule has 19 heavy (non-hydrogen) atoms. The fourth-order valence-electron chi connectivity index (χ4n) is 1.68. The highest BCUT2D eigenvalue weighted by Gasteiger charge is 2.17. The number of amidine groups is 1. The van der Waals surface area contributed by atoms with Gasteiger partial charge in [-0.2, -0.15) is 0 Å². The molecule has 0 aliphatic carbocycles. The smallest absolute Gasteiger partial charge is 0.251 e. The van der Waals surface area contributed by atoms with Crippen LogP contribution >= 0.6 is 15.9 Å². The van der Waals surface area contributed by atoms with Gasteiger partial charge in [0.25, 0.3) is 5.91 Å². The summed E-state index contributed by atoms with van der Waals surface area (Å²) in [6.45, 7) is 3.88. The Morgan fingerprint density at radius 2 is 2.26 bits per heavy atom. The molecule has 0 aliphatic heterocycles. The molecule has 0 aromatic heterocycles. The van der Waals surface area contributed by atoms with E-state index in [0.29, 0.717) is 12.0 Å². The molecule has 6 heteroatoms. The number of hydrogen-bond donors (Lipinski definition) is 3. The topological polar surface area (TPSA) is 87.7 Å². The van der Waals surface area contributed by atoms with Crippen LogP contribution in [-0.2, 0) is 0 Å². The van der Waals surface area contributed by atoms with Crippen molar-refractivity contribution < 1.29 is 10.0 Å². The van der Waals surface area contributed by atoms with Crippen LogP contribution in [0.2, 0.25) is 0 Å². The number of oxime groups is 1. The summed E-state index contributed by atoms with van der Waals surface area (Å²) in [6.07, 6.45) is 1.44. The Labute approximate surface area is 121 Å². The zero-order chi connectivity index (χ0) is 14.4. The molecule has 5 nitrogen and oxygen atoms in total. The third kappa shape index (κ3) is 4.24. The lowest BCUT2D eigenvalue weighted by Crippen LogP contribution is -2.44. The lowest BCUT2D eigenvalue weighted by molar-refractivity contribution is 0.0944. The predicted molar refractivity (Wildman–Crippen MR) is 78.5 cm³/mol. The van der Waals surface area contributed by atoms with Crippen molar-refractivity contribution in [3.05, 3.63) is 33.8 Å². The van der Waals surface area contributed by atoms with Gasteiger partial charge in [-0.3, -0.25) is 4.79 Å². The Hall–Kier alpha value is -1.56. The van der Waals surface area contributed by atoms with Crippen molar-refractivity contribution in [3.8, 4) is 0 Å². The van der Waals surface area contributed by atoms with E-state index in [1.54, 1.807) is 12.1 Å². The van der Waals surface area contributed by atoms with E-state index in [9.17, 15) is 4.79 Å². The van der Waals surface area contributed by atoms with Crippen molar-refractivity contribution in [1.82, 2.24) is 5.32 Å². The van der Waals surface area contributed by atoms with Crippen LogP contribution in [0.4, 0.5) is 0 Å². The molecule has 0 saturated heterocycles. The monoisotopic (exact) mass is 327 g/mol. The Balaban J connectivity index is 2.84. The molecule has 1 atom stereocenters. The van der Waals surface area contributed by atoms with E-state index in [-0.39, 0.29) is 11.7 Å². The molecule has 1 aromatic rings. The molecule has 0 fully saturated rings. The maximum atomic E-state index is 12.1. The number of halogens is 1. The SMILES string of the molecule is CCCC(NC(=O)c1ccc(Br)c(C)c1)/C(N)=N/O. The molecule has 104 valence electrons. The minimum atomic E-state index is -0.452. The first-order valence-corrected chi connectivity index (χ1v) is 6.83. The Morgan fingerprint density at radius 1 is 1.58 bits per heavy atom. The second kappa shape index (κ2) is 7.13. The third-order valence-electron chi connectivity index (χ3n) is 2.78. The second-order valence-electron chi connectivity index (χ2n) is 4.30. The summed E-state index contributed by atoms with van der Waals surface area (Å²) < 4.78 is 0.950. The van der Waals surface area contributed by atoms with Gasteiger partial charge in [0.2, 0.25) is 0 Å². The lowest BCUT2D eigenvalue weighted by Gasteiger charge is -2.16. The van der Waals surface area contributed by atoms with E-state index < -0.39 is 6.04 Å². The Kier molecular flexibility index (Phi) is 5.82. The summed E-state index contributed by atoms with van der Waals surface area (Å²) in [5.74, 6) is -0.218. The zero-order valence-electron chi connectivity index (χ0n) is 11.0. The minimum Gasteiger partial charge on any atom is -0.409 e. The first-order valence-electron chi connectivity index (χ1n) is 6.04. The molecule has 1 amide bonds. The Bertz CT molecular complexity index is 489. The van der Waals surface area contributed by atoms with Crippen molar-refractivity contribution in [2.75, 3.05) is 0 Å². The summed E-state index contributed by atoms with van der Waals surface area (Å²) in [6, 6.07) is 4.88. The number of carbonyl (C=O) groups excluding carboxylic acids is 1. The molecule has 0 saturated carbocycles. The molecule has 1 unspecified atom stereocenters. The van der Waals surface area contributed by atoms with E-state index in [1.165, 1.54) is 0 Å². The zero-order valence-corrected chi connectivity index (χ0v) is 12.6. The largest absolute Gasteiger partial charge is 0.409 e. The van der Waals surface area contributed by atoms with Gasteiger partial charge in [-0.15, -0.1) is 0 Å². The van der Waals surface area contributed by atoms with Crippen LogP contribution < -0.4 is 11.1 Å². The molecule has 0 spiro atoms. The summed E-state index contributed by atoms with van der Waals surface area (Å²) in [7, 11) is 0. The quantitative estimate of drug-likeness (QED) is 0.336. The highest BCUT2D eigenvalue weighted by atomic mass is 79.9. The van der Waals surface area contributed by atoms with Crippen LogP contribution in [0.15, 0.2) is 27.8 Å². The van der Waals surface area contributed by atoms with Crippen LogP contribution in [0.25, 0.3) is 0 Å². The molecular formula is C13H18BrN3O2. The van der Waals surface area contributed by atoms with Crippen LogP contribution in [0, 0.1) is 6.92 Å². The van der Waals surface area contributed by atoms with Gasteiger partial charge in [0.1, 0.15) is 0 Å². The maximum absolute atomic E-state index is 12.1. The summed E-state index contributed by atoms with van der Waals surface area (Å²) >= 11 is 3.38. The lowest BCUT2D eigenvalue weighted by atomic mass is 10.1. The van der Waals surface area contributed by atoms with Crippen LogP contribution in [-0.4, -0.2) is 23.0 Å². The van der Waals surface area contributed by atoms with Gasteiger partial charge in [0, 0.05) is 10.0 Å². The first kappa shape index (κ1) is 15.5. The normalized spacial score (nSPS) is 13.1. The average Bonchev–Trinajstić information content (AvgIpc) is 2.40. The number of aryl methyl sites for hydroxylation is 1. The Morgan fingerprint density at radius 3 is 2.79 bits per heavy atom. The molecule has 1 rings (SSSR count). The summed E-state index contributed by atoms with van der Waals surface area (Å²) in [5, 5.41) is 14.4. The number of carbonyl (C=O) groups is 1. The number of nitrogens with zero attached hydrogens (tertiary/aromatic N) is 1. The van der Waals surface area contributed by atoms with Gasteiger partial charge >= 0.3 is 0 Å². The van der Waals surface area contributed by atoms with Gasteiger partial charge < -0.3 is 16.3 Å². The van der Waals surface area contributed by atoms with Crippen molar-refractivity contribution in [1.29, 1.82) is 0 Å². The van der Waals surface area contributed by atoms with Gasteiger partial charge in [0.15, 0.2) is 5.84 Å². The van der Waals surface area contributed by atoms with E-state index in [0.717, 1.165) is 16.5 Å². The van der Waals surface area contributed by atoms with Crippen molar-refractivity contribution in [3.63, 3.8) is 0 Å². The van der Waals surface area contributed by atoms with Crippen molar-refractivity contribution >= 4 is 27.7 Å². The van der Waals surface area contributed by atoms with Crippen molar-refractivity contribution in [2.24, 2.45) is 10.9 Å². The third-order valence-corrected chi connectivity index (χ3v) is 3.67. The first-order chi connectivity index (χ1) is 8.99. The fourth-order valence-corrected chi connectivity index (χ4v) is 1.93. The summed E-state index contributed by atoms with van der Waals surface area (Å²) in [5.41, 5.74) is 7.09. The van der Waals surface area contributed by atoms with E-state index >= 15 is 0 Å². The number of benzene rings is 1. The standard InChI is InChI=1S/C13H18BrN3O2/c1-3-4-11(12(15)17-19)16-13(18)9-5-6-10(14)8(2)7-9/h5-7,11,19H,3-4H2,1-2H3,(H2,15,17)(H,16,18). The molecule has 0 heterocycles. The van der Waals surface area contributed by atoms with Gasteiger partial charge in [0.05, 0.1) is 6.04 Å². The van der Waals surface area contributed by atoms with Gasteiger partial charge in [-0.25, -0.2) is 0 Å². The molecule has 0 bridgehead atoms. The van der Waals surface area contributed by atoms with E-state index in [2.05, 4.69) is 26.4 Å². The van der Waals surface area contributed by atoms with Gasteiger partial charge in [-0.1, -0.05) is 34.4 Å². The maximum Gasteiger partial charge on any atom is 0.251 e. The number of nitrogens with one attached hydrogen (secondary N) is 1. The number of rotatable bonds is 5.